The van der Waals surface area contributed by atoms with Crippen LogP contribution in [0.15, 0.2) is 21.3 Å². The minimum Gasteiger partial charge on any atom is -0.507 e. The van der Waals surface area contributed by atoms with Gasteiger partial charge in [0.1, 0.15) is 11.3 Å². The van der Waals surface area contributed by atoms with Crippen LogP contribution < -0.4 is 10.9 Å². The van der Waals surface area contributed by atoms with Gasteiger partial charge in [-0.3, -0.25) is 4.79 Å². The van der Waals surface area contributed by atoms with Crippen LogP contribution in [0.4, 0.5) is 0 Å². The number of carbonyl (C=O) groups is 1. The molecule has 1 aliphatic rings. The lowest BCUT2D eigenvalue weighted by molar-refractivity contribution is -0.121. The van der Waals surface area contributed by atoms with Gasteiger partial charge >= 0.3 is 5.63 Å². The molecule has 1 amide bonds. The molecule has 0 aliphatic carbocycles. The van der Waals surface area contributed by atoms with Crippen molar-refractivity contribution in [3.05, 3.63) is 39.2 Å². The number of aryl methyl sites for hydroxylation is 2. The molecule has 0 spiro atoms. The van der Waals surface area contributed by atoms with E-state index in [0.29, 0.717) is 17.4 Å². The average Bonchev–Trinajstić information content (AvgIpc) is 2.81. The molecular formula is C17H19NO6S. The van der Waals surface area contributed by atoms with E-state index in [1.54, 1.807) is 26.0 Å². The summed E-state index contributed by atoms with van der Waals surface area (Å²) < 4.78 is 28.2. The molecule has 0 unspecified atom stereocenters. The third-order valence-electron chi connectivity index (χ3n) is 4.44. The molecule has 1 atom stereocenters. The van der Waals surface area contributed by atoms with Crippen LogP contribution >= 0.6 is 0 Å². The molecular weight excluding hydrogens is 346 g/mol. The Morgan fingerprint density at radius 2 is 2.08 bits per heavy atom. The van der Waals surface area contributed by atoms with E-state index in [1.165, 1.54) is 0 Å². The maximum Gasteiger partial charge on any atom is 0.340 e. The number of rotatable bonds is 3. The average molecular weight is 365 g/mol. The zero-order chi connectivity index (χ0) is 18.4. The lowest BCUT2D eigenvalue weighted by atomic mass is 10.0. The molecule has 0 bridgehead atoms. The minimum absolute atomic E-state index is 0.0141. The quantitative estimate of drug-likeness (QED) is 0.783. The Hall–Kier alpha value is -2.35. The number of hydrogen-bond acceptors (Lipinski definition) is 6. The van der Waals surface area contributed by atoms with Gasteiger partial charge in [-0.2, -0.15) is 0 Å². The lowest BCUT2D eigenvalue weighted by Crippen LogP contribution is -2.37. The summed E-state index contributed by atoms with van der Waals surface area (Å²) in [5.41, 5.74) is 1.03. The highest BCUT2D eigenvalue weighted by Gasteiger charge is 2.29. The highest BCUT2D eigenvalue weighted by Crippen LogP contribution is 2.29. The van der Waals surface area contributed by atoms with Gasteiger partial charge in [0.05, 0.1) is 28.9 Å². The second-order valence-electron chi connectivity index (χ2n) is 6.49. The topological polar surface area (TPSA) is 114 Å². The van der Waals surface area contributed by atoms with Crippen LogP contribution in [0.2, 0.25) is 0 Å². The standard InChI is InChI=1S/C17H19NO6S/c1-9-5-13(19)16-10(2)12(17(21)24-14(16)6-9)7-15(20)18-11-3-4-25(22,23)8-11/h5-6,11,19H,3-4,7-8H2,1-2H3,(H,18,20)/t11-/m1/s1. The maximum absolute atomic E-state index is 12.2. The molecule has 1 aliphatic heterocycles. The monoisotopic (exact) mass is 365 g/mol. The Labute approximate surface area is 144 Å². The Morgan fingerprint density at radius 1 is 1.36 bits per heavy atom. The van der Waals surface area contributed by atoms with Crippen molar-refractivity contribution in [3.8, 4) is 5.75 Å². The van der Waals surface area contributed by atoms with Gasteiger partial charge in [0, 0.05) is 6.04 Å². The molecule has 1 aromatic carbocycles. The fourth-order valence-corrected chi connectivity index (χ4v) is 4.88. The Morgan fingerprint density at radius 3 is 2.72 bits per heavy atom. The van der Waals surface area contributed by atoms with Gasteiger partial charge in [-0.25, -0.2) is 13.2 Å². The van der Waals surface area contributed by atoms with Gasteiger partial charge < -0.3 is 14.8 Å². The van der Waals surface area contributed by atoms with E-state index in [0.717, 1.165) is 5.56 Å². The Bertz CT molecular complexity index is 1020. The zero-order valence-corrected chi connectivity index (χ0v) is 14.8. The van der Waals surface area contributed by atoms with Gasteiger partial charge in [-0.05, 0) is 43.5 Å². The molecule has 1 fully saturated rings. The van der Waals surface area contributed by atoms with Gasteiger partial charge in [-0.1, -0.05) is 0 Å². The van der Waals surface area contributed by atoms with Gasteiger partial charge in [-0.15, -0.1) is 0 Å². The van der Waals surface area contributed by atoms with E-state index in [-0.39, 0.29) is 34.8 Å². The van der Waals surface area contributed by atoms with Crippen molar-refractivity contribution in [3.63, 3.8) is 0 Å². The van der Waals surface area contributed by atoms with Crippen LogP contribution in [0.5, 0.6) is 5.75 Å². The number of fused-ring (bicyclic) bond motifs is 1. The first kappa shape index (κ1) is 17.5. The number of sulfone groups is 1. The van der Waals surface area contributed by atoms with Gasteiger partial charge in [0.25, 0.3) is 0 Å². The molecule has 1 aromatic heterocycles. The smallest absolute Gasteiger partial charge is 0.340 e. The van der Waals surface area contributed by atoms with Crippen LogP contribution in [0, 0.1) is 13.8 Å². The van der Waals surface area contributed by atoms with E-state index in [1.807, 2.05) is 0 Å². The normalized spacial score (nSPS) is 19.2. The number of carbonyl (C=O) groups excluding carboxylic acids is 1. The molecule has 7 nitrogen and oxygen atoms in total. The Balaban J connectivity index is 1.89. The third-order valence-corrected chi connectivity index (χ3v) is 6.21. The molecule has 25 heavy (non-hydrogen) atoms. The van der Waals surface area contributed by atoms with Crippen molar-refractivity contribution in [2.24, 2.45) is 0 Å². The number of nitrogens with one attached hydrogen (secondary N) is 1. The molecule has 134 valence electrons. The second kappa shape index (κ2) is 6.18. The lowest BCUT2D eigenvalue weighted by Gasteiger charge is -2.12. The maximum atomic E-state index is 12.2. The first-order chi connectivity index (χ1) is 11.7. The third kappa shape index (κ3) is 3.53. The summed E-state index contributed by atoms with van der Waals surface area (Å²) in [5, 5.41) is 13.2. The fourth-order valence-electron chi connectivity index (χ4n) is 3.21. The first-order valence-electron chi connectivity index (χ1n) is 7.92. The van der Waals surface area contributed by atoms with Crippen LogP contribution in [0.1, 0.15) is 23.1 Å². The summed E-state index contributed by atoms with van der Waals surface area (Å²) in [6.45, 7) is 3.42. The molecule has 3 rings (SSSR count). The number of amides is 1. The number of hydrogen-bond donors (Lipinski definition) is 2. The summed E-state index contributed by atoms with van der Waals surface area (Å²) >= 11 is 0. The Kier molecular flexibility index (Phi) is 4.32. The molecule has 2 heterocycles. The summed E-state index contributed by atoms with van der Waals surface area (Å²) in [6, 6.07) is 2.78. The molecule has 1 saturated heterocycles. The summed E-state index contributed by atoms with van der Waals surface area (Å²) in [6.07, 6.45) is 0.146. The van der Waals surface area contributed by atoms with E-state index in [2.05, 4.69) is 5.32 Å². The zero-order valence-electron chi connectivity index (χ0n) is 14.0. The summed E-state index contributed by atoms with van der Waals surface area (Å²) in [7, 11) is -3.10. The van der Waals surface area contributed by atoms with E-state index >= 15 is 0 Å². The van der Waals surface area contributed by atoms with E-state index in [9.17, 15) is 23.1 Å². The van der Waals surface area contributed by atoms with Crippen molar-refractivity contribution in [2.45, 2.75) is 32.7 Å². The van der Waals surface area contributed by atoms with Crippen molar-refractivity contribution >= 4 is 26.7 Å². The second-order valence-corrected chi connectivity index (χ2v) is 8.72. The van der Waals surface area contributed by atoms with Crippen LogP contribution in [0.25, 0.3) is 11.0 Å². The van der Waals surface area contributed by atoms with Crippen molar-refractivity contribution in [1.29, 1.82) is 0 Å². The van der Waals surface area contributed by atoms with Crippen molar-refractivity contribution in [1.82, 2.24) is 5.32 Å². The predicted octanol–water partition coefficient (Wildman–Crippen LogP) is 0.961. The predicted molar refractivity (Wildman–Crippen MR) is 92.5 cm³/mol. The number of phenolic OH excluding ortho intramolecular Hbond substituents is 1. The van der Waals surface area contributed by atoms with Crippen LogP contribution in [-0.2, 0) is 21.1 Å². The first-order valence-corrected chi connectivity index (χ1v) is 9.74. The molecule has 0 radical (unpaired) electrons. The number of benzene rings is 1. The number of aromatic hydroxyl groups is 1. The van der Waals surface area contributed by atoms with Gasteiger partial charge in [0.2, 0.25) is 5.91 Å². The van der Waals surface area contributed by atoms with E-state index in [4.69, 9.17) is 4.42 Å². The SMILES string of the molecule is Cc1cc(O)c2c(C)c(CC(=O)N[C@@H]3CCS(=O)(=O)C3)c(=O)oc2c1. The van der Waals surface area contributed by atoms with Crippen molar-refractivity contribution < 1.29 is 22.7 Å². The summed E-state index contributed by atoms with van der Waals surface area (Å²) in [5.74, 6) is -0.477. The molecule has 2 aromatic rings. The summed E-state index contributed by atoms with van der Waals surface area (Å²) in [4.78, 5) is 24.4. The molecule has 0 saturated carbocycles. The highest BCUT2D eigenvalue weighted by molar-refractivity contribution is 7.91. The minimum atomic E-state index is -3.10. The van der Waals surface area contributed by atoms with Crippen molar-refractivity contribution in [2.75, 3.05) is 11.5 Å². The van der Waals surface area contributed by atoms with E-state index < -0.39 is 27.4 Å². The molecule has 2 N–H and O–H groups in total. The van der Waals surface area contributed by atoms with Crippen LogP contribution in [0.3, 0.4) is 0 Å². The highest BCUT2D eigenvalue weighted by atomic mass is 32.2. The largest absolute Gasteiger partial charge is 0.507 e. The number of phenols is 1. The molecule has 8 heteroatoms. The fraction of sp³-hybridized carbons (Fsp3) is 0.412. The van der Waals surface area contributed by atoms with Crippen LogP contribution in [-0.4, -0.2) is 37.0 Å². The van der Waals surface area contributed by atoms with Gasteiger partial charge in [0.15, 0.2) is 9.84 Å².